The predicted octanol–water partition coefficient (Wildman–Crippen LogP) is 5.05. The molecule has 0 saturated heterocycles. The van der Waals surface area contributed by atoms with E-state index < -0.39 is 0 Å². The van der Waals surface area contributed by atoms with Crippen molar-refractivity contribution >= 4 is 21.5 Å². The van der Waals surface area contributed by atoms with Crippen LogP contribution in [0.4, 0.5) is 0 Å². The molecule has 0 atom stereocenters. The van der Waals surface area contributed by atoms with Gasteiger partial charge in [0.2, 0.25) is 0 Å². The summed E-state index contributed by atoms with van der Waals surface area (Å²) in [6, 6.07) is 25.9. The van der Waals surface area contributed by atoms with E-state index >= 15 is 0 Å². The number of hydrogen-bond acceptors (Lipinski definition) is 3. The molecule has 0 aliphatic heterocycles. The van der Waals surface area contributed by atoms with E-state index in [0.717, 1.165) is 31.9 Å². The lowest BCUT2D eigenvalue weighted by Crippen LogP contribution is -2.19. The minimum Gasteiger partial charge on any atom is -0.313 e. The van der Waals surface area contributed by atoms with Crippen LogP contribution in [0.15, 0.2) is 79.0 Å². The zero-order valence-corrected chi connectivity index (χ0v) is 16.2. The maximum atomic E-state index is 4.32. The number of unbranched alkanes of at least 4 members (excludes halogenated alkanes) is 1. The van der Waals surface area contributed by atoms with Gasteiger partial charge in [-0.25, -0.2) is 0 Å². The lowest BCUT2D eigenvalue weighted by atomic mass is 10.0. The van der Waals surface area contributed by atoms with Crippen LogP contribution in [0.1, 0.15) is 24.1 Å². The fourth-order valence-electron chi connectivity index (χ4n) is 3.55. The van der Waals surface area contributed by atoms with Crippen LogP contribution < -0.4 is 10.6 Å². The van der Waals surface area contributed by atoms with Crippen molar-refractivity contribution < 1.29 is 0 Å². The number of benzene rings is 3. The van der Waals surface area contributed by atoms with Crippen molar-refractivity contribution in [2.45, 2.75) is 25.9 Å². The molecule has 0 fully saturated rings. The first-order valence-electron chi connectivity index (χ1n) is 10.1. The fraction of sp³-hybridized carbons (Fsp3) is 0.240. The van der Waals surface area contributed by atoms with E-state index in [1.807, 2.05) is 18.3 Å². The number of nitrogens with zero attached hydrogens (tertiary/aromatic N) is 1. The third kappa shape index (κ3) is 4.94. The van der Waals surface area contributed by atoms with Gasteiger partial charge in [0.15, 0.2) is 0 Å². The Morgan fingerprint density at radius 2 is 1.29 bits per heavy atom. The first kappa shape index (κ1) is 18.6. The lowest BCUT2D eigenvalue weighted by molar-refractivity contribution is 0.579. The summed E-state index contributed by atoms with van der Waals surface area (Å²) in [5, 5.41) is 12.3. The van der Waals surface area contributed by atoms with E-state index in [1.165, 1.54) is 39.9 Å². The van der Waals surface area contributed by atoms with Crippen LogP contribution in [-0.2, 0) is 13.1 Å². The van der Waals surface area contributed by atoms with Crippen molar-refractivity contribution in [3.63, 3.8) is 0 Å². The van der Waals surface area contributed by atoms with E-state index in [-0.39, 0.29) is 0 Å². The van der Waals surface area contributed by atoms with Crippen LogP contribution in [0.2, 0.25) is 0 Å². The van der Waals surface area contributed by atoms with Crippen molar-refractivity contribution in [2.75, 3.05) is 13.1 Å². The second-order valence-electron chi connectivity index (χ2n) is 7.26. The zero-order valence-electron chi connectivity index (χ0n) is 16.2. The molecule has 0 aliphatic rings. The molecule has 4 aromatic rings. The monoisotopic (exact) mass is 369 g/mol. The molecule has 28 heavy (non-hydrogen) atoms. The minimum atomic E-state index is 0.847. The summed E-state index contributed by atoms with van der Waals surface area (Å²) >= 11 is 0. The van der Waals surface area contributed by atoms with Gasteiger partial charge in [-0.05, 0) is 83.4 Å². The van der Waals surface area contributed by atoms with Crippen LogP contribution >= 0.6 is 0 Å². The van der Waals surface area contributed by atoms with Crippen LogP contribution in [-0.4, -0.2) is 18.1 Å². The Morgan fingerprint density at radius 1 is 0.607 bits per heavy atom. The highest BCUT2D eigenvalue weighted by Gasteiger charge is 2.00. The molecular weight excluding hydrogens is 342 g/mol. The van der Waals surface area contributed by atoms with Crippen molar-refractivity contribution in [1.82, 2.24) is 15.6 Å². The molecule has 0 saturated carbocycles. The highest BCUT2D eigenvalue weighted by molar-refractivity contribution is 5.98. The molecule has 0 aliphatic carbocycles. The molecule has 3 heteroatoms. The second-order valence-corrected chi connectivity index (χ2v) is 7.26. The van der Waals surface area contributed by atoms with Gasteiger partial charge in [0.05, 0.1) is 5.69 Å². The second kappa shape index (κ2) is 9.45. The average Bonchev–Trinajstić information content (AvgIpc) is 2.74. The van der Waals surface area contributed by atoms with Gasteiger partial charge in [-0.2, -0.15) is 0 Å². The van der Waals surface area contributed by atoms with Gasteiger partial charge in [0.25, 0.3) is 0 Å². The third-order valence-electron chi connectivity index (χ3n) is 5.09. The Labute approximate surface area is 166 Å². The summed E-state index contributed by atoms with van der Waals surface area (Å²) in [5.74, 6) is 0. The SMILES string of the molecule is c1ccc(CNCCCCNCc2ccc3cc4ccccc4cc3c2)nc1. The zero-order chi connectivity index (χ0) is 19.0. The Balaban J connectivity index is 1.19. The molecule has 3 nitrogen and oxygen atoms in total. The standard InChI is InChI=1S/C25H27N3/c1-2-8-22-17-24-15-20(10-11-23(24)16-21(22)7-1)18-26-12-5-6-13-27-19-25-9-3-4-14-28-25/h1-4,7-11,14-17,26-27H,5-6,12-13,18-19H2. The van der Waals surface area contributed by atoms with Gasteiger partial charge >= 0.3 is 0 Å². The number of fused-ring (bicyclic) bond motifs is 2. The van der Waals surface area contributed by atoms with Crippen LogP contribution in [0.25, 0.3) is 21.5 Å². The molecule has 0 radical (unpaired) electrons. The highest BCUT2D eigenvalue weighted by atomic mass is 14.9. The number of pyridine rings is 1. The molecule has 0 amide bonds. The number of nitrogens with one attached hydrogen (secondary N) is 2. The Hall–Kier alpha value is -2.75. The van der Waals surface area contributed by atoms with Crippen molar-refractivity contribution in [3.05, 3.63) is 90.3 Å². The normalized spacial score (nSPS) is 11.3. The summed E-state index contributed by atoms with van der Waals surface area (Å²) in [6.07, 6.45) is 4.19. The number of rotatable bonds is 9. The van der Waals surface area contributed by atoms with Gasteiger partial charge in [-0.15, -0.1) is 0 Å². The molecule has 0 bridgehead atoms. The summed E-state index contributed by atoms with van der Waals surface area (Å²) < 4.78 is 0. The third-order valence-corrected chi connectivity index (χ3v) is 5.09. The van der Waals surface area contributed by atoms with Crippen molar-refractivity contribution in [1.29, 1.82) is 0 Å². The maximum absolute atomic E-state index is 4.32. The molecule has 3 aromatic carbocycles. The molecule has 4 rings (SSSR count). The molecule has 2 N–H and O–H groups in total. The molecule has 0 unspecified atom stereocenters. The Morgan fingerprint density at radius 3 is 2.04 bits per heavy atom. The smallest absolute Gasteiger partial charge is 0.0541 e. The minimum absolute atomic E-state index is 0.847. The van der Waals surface area contributed by atoms with Crippen LogP contribution in [0.5, 0.6) is 0 Å². The fourth-order valence-corrected chi connectivity index (χ4v) is 3.55. The van der Waals surface area contributed by atoms with Gasteiger partial charge in [0.1, 0.15) is 0 Å². The van der Waals surface area contributed by atoms with E-state index in [4.69, 9.17) is 0 Å². The molecule has 142 valence electrons. The van der Waals surface area contributed by atoms with Gasteiger partial charge in [-0.1, -0.05) is 42.5 Å². The van der Waals surface area contributed by atoms with E-state index in [9.17, 15) is 0 Å². The van der Waals surface area contributed by atoms with Crippen molar-refractivity contribution in [3.8, 4) is 0 Å². The number of aromatic nitrogens is 1. The lowest BCUT2D eigenvalue weighted by Gasteiger charge is -2.08. The topological polar surface area (TPSA) is 37.0 Å². The largest absolute Gasteiger partial charge is 0.313 e. The molecular formula is C25H27N3. The van der Waals surface area contributed by atoms with E-state index in [2.05, 4.69) is 76.3 Å². The van der Waals surface area contributed by atoms with Gasteiger partial charge in [-0.3, -0.25) is 4.98 Å². The highest BCUT2D eigenvalue weighted by Crippen LogP contribution is 2.23. The van der Waals surface area contributed by atoms with E-state index in [0.29, 0.717) is 0 Å². The van der Waals surface area contributed by atoms with Gasteiger partial charge < -0.3 is 10.6 Å². The molecule has 1 heterocycles. The number of hydrogen-bond donors (Lipinski definition) is 2. The summed E-state index contributed by atoms with van der Waals surface area (Å²) in [6.45, 7) is 3.84. The average molecular weight is 370 g/mol. The summed E-state index contributed by atoms with van der Waals surface area (Å²) in [7, 11) is 0. The van der Waals surface area contributed by atoms with Crippen LogP contribution in [0.3, 0.4) is 0 Å². The first-order valence-corrected chi connectivity index (χ1v) is 10.1. The van der Waals surface area contributed by atoms with Crippen molar-refractivity contribution in [2.24, 2.45) is 0 Å². The quantitative estimate of drug-likeness (QED) is 0.320. The van der Waals surface area contributed by atoms with Gasteiger partial charge in [0, 0.05) is 19.3 Å². The Bertz CT molecular complexity index is 1030. The predicted molar refractivity (Wildman–Crippen MR) is 118 cm³/mol. The summed E-state index contributed by atoms with van der Waals surface area (Å²) in [4.78, 5) is 4.32. The molecule has 1 aromatic heterocycles. The first-order chi connectivity index (χ1) is 13.9. The molecule has 0 spiro atoms. The van der Waals surface area contributed by atoms with Crippen LogP contribution in [0, 0.1) is 0 Å². The summed E-state index contributed by atoms with van der Waals surface area (Å²) in [5.41, 5.74) is 2.45. The maximum Gasteiger partial charge on any atom is 0.0541 e. The van der Waals surface area contributed by atoms with E-state index in [1.54, 1.807) is 0 Å². The Kier molecular flexibility index (Phi) is 6.28.